The predicted molar refractivity (Wildman–Crippen MR) is 70.6 cm³/mol. The number of halogens is 2. The van der Waals surface area contributed by atoms with Crippen molar-refractivity contribution in [1.82, 2.24) is 0 Å². The second-order valence-electron chi connectivity index (χ2n) is 5.97. The molecule has 2 rings (SSSR count). The SMILES string of the molecule is Cc1c(F)cc(C2CCC(C(C)C)CC2)cc1F. The van der Waals surface area contributed by atoms with E-state index in [0.717, 1.165) is 30.2 Å². The number of hydrogen-bond donors (Lipinski definition) is 0. The smallest absolute Gasteiger partial charge is 0.129 e. The highest BCUT2D eigenvalue weighted by atomic mass is 19.1. The summed E-state index contributed by atoms with van der Waals surface area (Å²) < 4.78 is 27.1. The molecule has 0 amide bonds. The maximum Gasteiger partial charge on any atom is 0.129 e. The van der Waals surface area contributed by atoms with E-state index in [1.807, 2.05) is 0 Å². The van der Waals surface area contributed by atoms with Crippen molar-refractivity contribution in [3.05, 3.63) is 34.9 Å². The van der Waals surface area contributed by atoms with Gasteiger partial charge < -0.3 is 0 Å². The Bertz CT molecular complexity index is 392. The first-order valence-corrected chi connectivity index (χ1v) is 6.94. The van der Waals surface area contributed by atoms with E-state index < -0.39 is 11.6 Å². The van der Waals surface area contributed by atoms with Gasteiger partial charge >= 0.3 is 0 Å². The Balaban J connectivity index is 2.10. The third kappa shape index (κ3) is 2.73. The zero-order valence-electron chi connectivity index (χ0n) is 11.5. The molecule has 0 heterocycles. The van der Waals surface area contributed by atoms with Crippen LogP contribution in [0.2, 0.25) is 0 Å². The van der Waals surface area contributed by atoms with Gasteiger partial charge in [-0.1, -0.05) is 13.8 Å². The van der Waals surface area contributed by atoms with E-state index in [4.69, 9.17) is 0 Å². The lowest BCUT2D eigenvalue weighted by molar-refractivity contribution is 0.258. The van der Waals surface area contributed by atoms with Gasteiger partial charge in [0.05, 0.1) is 0 Å². The first-order chi connectivity index (χ1) is 8.49. The largest absolute Gasteiger partial charge is 0.207 e. The zero-order valence-corrected chi connectivity index (χ0v) is 11.5. The van der Waals surface area contributed by atoms with Gasteiger partial charge in [0.1, 0.15) is 11.6 Å². The highest BCUT2D eigenvalue weighted by Crippen LogP contribution is 2.39. The maximum absolute atomic E-state index is 13.6. The minimum atomic E-state index is -0.406. The molecule has 0 nitrogen and oxygen atoms in total. The molecule has 1 fully saturated rings. The molecule has 1 aromatic carbocycles. The van der Waals surface area contributed by atoms with Gasteiger partial charge in [-0.15, -0.1) is 0 Å². The van der Waals surface area contributed by atoms with Crippen molar-refractivity contribution < 1.29 is 8.78 Å². The van der Waals surface area contributed by atoms with Gasteiger partial charge in [0.15, 0.2) is 0 Å². The van der Waals surface area contributed by atoms with Gasteiger partial charge in [-0.3, -0.25) is 0 Å². The first kappa shape index (κ1) is 13.5. The van der Waals surface area contributed by atoms with Crippen molar-refractivity contribution >= 4 is 0 Å². The van der Waals surface area contributed by atoms with Gasteiger partial charge in [-0.2, -0.15) is 0 Å². The van der Waals surface area contributed by atoms with E-state index in [1.54, 1.807) is 0 Å². The molecule has 18 heavy (non-hydrogen) atoms. The predicted octanol–water partition coefficient (Wildman–Crippen LogP) is 5.20. The van der Waals surface area contributed by atoms with Crippen LogP contribution < -0.4 is 0 Å². The van der Waals surface area contributed by atoms with Crippen molar-refractivity contribution in [2.75, 3.05) is 0 Å². The Morgan fingerprint density at radius 2 is 1.50 bits per heavy atom. The topological polar surface area (TPSA) is 0 Å². The summed E-state index contributed by atoms with van der Waals surface area (Å²) in [5.74, 6) is 1.02. The summed E-state index contributed by atoms with van der Waals surface area (Å²) in [7, 11) is 0. The van der Waals surface area contributed by atoms with E-state index >= 15 is 0 Å². The fourth-order valence-corrected chi connectivity index (χ4v) is 3.02. The lowest BCUT2D eigenvalue weighted by Crippen LogP contribution is -2.17. The third-order valence-electron chi connectivity index (χ3n) is 4.49. The van der Waals surface area contributed by atoms with Gasteiger partial charge in [-0.05, 0) is 68.1 Å². The van der Waals surface area contributed by atoms with E-state index in [0.29, 0.717) is 5.92 Å². The highest BCUT2D eigenvalue weighted by molar-refractivity contribution is 5.28. The van der Waals surface area contributed by atoms with Crippen LogP contribution in [0.15, 0.2) is 12.1 Å². The van der Waals surface area contributed by atoms with Crippen LogP contribution in [0, 0.1) is 30.4 Å². The van der Waals surface area contributed by atoms with Crippen LogP contribution in [-0.4, -0.2) is 0 Å². The van der Waals surface area contributed by atoms with Crippen LogP contribution in [0.4, 0.5) is 8.78 Å². The summed E-state index contributed by atoms with van der Waals surface area (Å²) in [4.78, 5) is 0. The summed E-state index contributed by atoms with van der Waals surface area (Å²) in [6.45, 7) is 6.01. The fraction of sp³-hybridized carbons (Fsp3) is 0.625. The normalized spacial score (nSPS) is 24.6. The summed E-state index contributed by atoms with van der Waals surface area (Å²) in [6, 6.07) is 3.05. The molecule has 0 N–H and O–H groups in total. The molecule has 0 aromatic heterocycles. The van der Waals surface area contributed by atoms with Gasteiger partial charge in [0.25, 0.3) is 0 Å². The molecule has 0 radical (unpaired) electrons. The van der Waals surface area contributed by atoms with Crippen LogP contribution >= 0.6 is 0 Å². The average Bonchev–Trinajstić information content (AvgIpc) is 2.35. The molecule has 0 atom stereocenters. The minimum Gasteiger partial charge on any atom is -0.207 e. The zero-order chi connectivity index (χ0) is 13.3. The van der Waals surface area contributed by atoms with Gasteiger partial charge in [0.2, 0.25) is 0 Å². The van der Waals surface area contributed by atoms with Crippen LogP contribution in [0.3, 0.4) is 0 Å². The van der Waals surface area contributed by atoms with Crippen LogP contribution in [0.1, 0.15) is 56.6 Å². The molecule has 100 valence electrons. The van der Waals surface area contributed by atoms with E-state index in [-0.39, 0.29) is 5.56 Å². The Hall–Kier alpha value is -0.920. The second kappa shape index (κ2) is 5.38. The molecule has 0 aliphatic heterocycles. The quantitative estimate of drug-likeness (QED) is 0.678. The standard InChI is InChI=1S/C16H22F2/c1-10(2)12-4-6-13(7-5-12)14-8-15(17)11(3)16(18)9-14/h8-10,12-13H,4-7H2,1-3H3. The maximum atomic E-state index is 13.6. The number of benzene rings is 1. The van der Waals surface area contributed by atoms with E-state index in [9.17, 15) is 8.78 Å². The Kier molecular flexibility index (Phi) is 4.04. The monoisotopic (exact) mass is 252 g/mol. The molecule has 0 spiro atoms. The third-order valence-corrected chi connectivity index (χ3v) is 4.49. The fourth-order valence-electron chi connectivity index (χ4n) is 3.02. The van der Waals surface area contributed by atoms with Crippen molar-refractivity contribution in [3.8, 4) is 0 Å². The van der Waals surface area contributed by atoms with Crippen LogP contribution in [0.5, 0.6) is 0 Å². The Morgan fingerprint density at radius 1 is 1.00 bits per heavy atom. The molecular formula is C16H22F2. The first-order valence-electron chi connectivity index (χ1n) is 6.94. The number of hydrogen-bond acceptors (Lipinski definition) is 0. The van der Waals surface area contributed by atoms with Gasteiger partial charge in [0, 0.05) is 5.56 Å². The van der Waals surface area contributed by atoms with E-state index in [1.165, 1.54) is 31.9 Å². The molecule has 1 saturated carbocycles. The molecule has 1 aliphatic rings. The van der Waals surface area contributed by atoms with Crippen LogP contribution in [0.25, 0.3) is 0 Å². The summed E-state index contributed by atoms with van der Waals surface area (Å²) in [6.07, 6.45) is 4.48. The van der Waals surface area contributed by atoms with Crippen LogP contribution in [-0.2, 0) is 0 Å². The van der Waals surface area contributed by atoms with Gasteiger partial charge in [-0.25, -0.2) is 8.78 Å². The van der Waals surface area contributed by atoms with Crippen molar-refractivity contribution in [3.63, 3.8) is 0 Å². The lowest BCUT2D eigenvalue weighted by Gasteiger charge is -2.31. The lowest BCUT2D eigenvalue weighted by atomic mass is 9.74. The molecule has 0 bridgehead atoms. The highest BCUT2D eigenvalue weighted by Gasteiger charge is 2.25. The molecule has 0 unspecified atom stereocenters. The van der Waals surface area contributed by atoms with Crippen molar-refractivity contribution in [2.24, 2.45) is 11.8 Å². The number of rotatable bonds is 2. The molecule has 0 saturated heterocycles. The summed E-state index contributed by atoms with van der Waals surface area (Å²) in [5, 5.41) is 0. The Morgan fingerprint density at radius 3 is 1.94 bits per heavy atom. The van der Waals surface area contributed by atoms with E-state index in [2.05, 4.69) is 13.8 Å². The van der Waals surface area contributed by atoms with Crippen molar-refractivity contribution in [2.45, 2.75) is 52.4 Å². The van der Waals surface area contributed by atoms with Crippen molar-refractivity contribution in [1.29, 1.82) is 0 Å². The molecule has 1 aromatic rings. The minimum absolute atomic E-state index is 0.134. The second-order valence-corrected chi connectivity index (χ2v) is 5.97. The molecule has 1 aliphatic carbocycles. The average molecular weight is 252 g/mol. The molecule has 2 heteroatoms. The summed E-state index contributed by atoms with van der Waals surface area (Å²) in [5.41, 5.74) is 0.979. The Labute approximate surface area is 108 Å². The summed E-state index contributed by atoms with van der Waals surface area (Å²) >= 11 is 0. The molecular weight excluding hydrogens is 230 g/mol.